The average molecular weight is 308 g/mol. The van der Waals surface area contributed by atoms with Crippen molar-refractivity contribution in [3.05, 3.63) is 0 Å². The molecule has 0 amide bonds. The van der Waals surface area contributed by atoms with Crippen molar-refractivity contribution >= 4 is 21.8 Å². The van der Waals surface area contributed by atoms with Gasteiger partial charge < -0.3 is 4.74 Å². The first-order chi connectivity index (χ1) is 9.13. The molecule has 0 aliphatic carbocycles. The second-order valence-corrected chi connectivity index (χ2v) is 8.37. The van der Waals surface area contributed by atoms with E-state index in [-0.39, 0.29) is 11.8 Å². The maximum Gasteiger partial charge on any atom is 0.214 e. The Bertz CT molecular complexity index is 369. The lowest BCUT2D eigenvalue weighted by Crippen LogP contribution is -2.50. The van der Waals surface area contributed by atoms with Crippen LogP contribution < -0.4 is 0 Å². The van der Waals surface area contributed by atoms with Crippen molar-refractivity contribution in [1.29, 1.82) is 0 Å². The van der Waals surface area contributed by atoms with Crippen LogP contribution in [0.5, 0.6) is 0 Å². The number of morpholine rings is 1. The maximum absolute atomic E-state index is 12.2. The van der Waals surface area contributed by atoms with Crippen molar-refractivity contribution in [3.63, 3.8) is 0 Å². The molecule has 0 aromatic carbocycles. The lowest BCUT2D eigenvalue weighted by Gasteiger charge is -2.34. The molecule has 0 radical (unpaired) electrons. The Morgan fingerprint density at radius 1 is 1.26 bits per heavy atom. The van der Waals surface area contributed by atoms with E-state index in [1.54, 1.807) is 11.2 Å². The summed E-state index contributed by atoms with van der Waals surface area (Å²) in [4.78, 5) is 2.33. The van der Waals surface area contributed by atoms with Crippen molar-refractivity contribution in [2.24, 2.45) is 0 Å². The Balaban J connectivity index is 2.04. The van der Waals surface area contributed by atoms with Gasteiger partial charge in [-0.05, 0) is 19.1 Å². The summed E-state index contributed by atoms with van der Waals surface area (Å²) < 4.78 is 31.6. The van der Waals surface area contributed by atoms with Crippen molar-refractivity contribution in [1.82, 2.24) is 9.21 Å². The van der Waals surface area contributed by atoms with Gasteiger partial charge in [0.2, 0.25) is 10.0 Å². The number of rotatable bonds is 4. The standard InChI is InChI=1S/C12H24N2O3S2/c1-2-19(15,16)14-4-3-9-18-11-12(14)10-13-5-7-17-8-6-13/h12H,2-11H2,1H3. The second kappa shape index (κ2) is 7.26. The molecular formula is C12H24N2O3S2. The van der Waals surface area contributed by atoms with Crippen LogP contribution in [0.25, 0.3) is 0 Å². The molecule has 1 unspecified atom stereocenters. The third-order valence-corrected chi connectivity index (χ3v) is 6.80. The van der Waals surface area contributed by atoms with Gasteiger partial charge in [-0.25, -0.2) is 8.42 Å². The molecule has 0 aromatic heterocycles. The van der Waals surface area contributed by atoms with E-state index in [1.807, 2.05) is 11.8 Å². The molecule has 7 heteroatoms. The van der Waals surface area contributed by atoms with Gasteiger partial charge in [-0.1, -0.05) is 0 Å². The summed E-state index contributed by atoms with van der Waals surface area (Å²) in [7, 11) is -3.08. The van der Waals surface area contributed by atoms with E-state index in [4.69, 9.17) is 4.74 Å². The van der Waals surface area contributed by atoms with Crippen molar-refractivity contribution in [2.45, 2.75) is 19.4 Å². The quantitative estimate of drug-likeness (QED) is 0.756. The molecule has 5 nitrogen and oxygen atoms in total. The number of hydrogen-bond donors (Lipinski definition) is 0. The SMILES string of the molecule is CCS(=O)(=O)N1CCCSCC1CN1CCOCC1. The molecule has 0 bridgehead atoms. The Labute approximate surface area is 120 Å². The zero-order chi connectivity index (χ0) is 13.7. The van der Waals surface area contributed by atoms with Crippen LogP contribution in [0.3, 0.4) is 0 Å². The molecule has 2 aliphatic heterocycles. The number of nitrogens with zero attached hydrogens (tertiary/aromatic N) is 2. The molecule has 1 atom stereocenters. The molecule has 112 valence electrons. The topological polar surface area (TPSA) is 49.9 Å². The fourth-order valence-electron chi connectivity index (χ4n) is 2.57. The van der Waals surface area contributed by atoms with Crippen LogP contribution in [-0.2, 0) is 14.8 Å². The first kappa shape index (κ1) is 15.6. The Morgan fingerprint density at radius 2 is 2.00 bits per heavy atom. The number of sulfonamides is 1. The third-order valence-electron chi connectivity index (χ3n) is 3.68. The minimum absolute atomic E-state index is 0.121. The van der Waals surface area contributed by atoms with Crippen LogP contribution in [0.15, 0.2) is 0 Å². The van der Waals surface area contributed by atoms with E-state index in [9.17, 15) is 8.42 Å². The summed E-state index contributed by atoms with van der Waals surface area (Å²) in [5.74, 6) is 2.18. The summed E-state index contributed by atoms with van der Waals surface area (Å²) in [6, 6.07) is 0.121. The maximum atomic E-state index is 12.2. The smallest absolute Gasteiger partial charge is 0.214 e. The van der Waals surface area contributed by atoms with Gasteiger partial charge >= 0.3 is 0 Å². The van der Waals surface area contributed by atoms with Gasteiger partial charge in [0.15, 0.2) is 0 Å². The lowest BCUT2D eigenvalue weighted by molar-refractivity contribution is 0.0309. The molecule has 0 saturated carbocycles. The van der Waals surface area contributed by atoms with Crippen LogP contribution in [0.4, 0.5) is 0 Å². The second-order valence-electron chi connectivity index (χ2n) is 5.01. The molecule has 2 saturated heterocycles. The van der Waals surface area contributed by atoms with Crippen LogP contribution in [0, 0.1) is 0 Å². The van der Waals surface area contributed by atoms with Crippen LogP contribution in [0.2, 0.25) is 0 Å². The highest BCUT2D eigenvalue weighted by atomic mass is 32.2. The first-order valence-electron chi connectivity index (χ1n) is 7.01. The molecule has 2 aliphatic rings. The zero-order valence-corrected chi connectivity index (χ0v) is 13.2. The molecular weight excluding hydrogens is 284 g/mol. The molecule has 0 aromatic rings. The Kier molecular flexibility index (Phi) is 5.95. The van der Waals surface area contributed by atoms with Crippen LogP contribution in [-0.4, -0.2) is 80.3 Å². The Morgan fingerprint density at radius 3 is 2.68 bits per heavy atom. The lowest BCUT2D eigenvalue weighted by atomic mass is 10.2. The van der Waals surface area contributed by atoms with Crippen LogP contribution >= 0.6 is 11.8 Å². The van der Waals surface area contributed by atoms with E-state index in [0.29, 0.717) is 6.54 Å². The summed E-state index contributed by atoms with van der Waals surface area (Å²) in [6.45, 7) is 6.62. The first-order valence-corrected chi connectivity index (χ1v) is 9.77. The fourth-order valence-corrected chi connectivity index (χ4v) is 5.05. The van der Waals surface area contributed by atoms with Gasteiger partial charge in [0.25, 0.3) is 0 Å². The van der Waals surface area contributed by atoms with Gasteiger partial charge in [-0.3, -0.25) is 4.90 Å². The van der Waals surface area contributed by atoms with Crippen molar-refractivity contribution in [2.75, 3.05) is 56.7 Å². The third kappa shape index (κ3) is 4.32. The zero-order valence-electron chi connectivity index (χ0n) is 11.6. The van der Waals surface area contributed by atoms with Gasteiger partial charge in [0.05, 0.1) is 19.0 Å². The monoisotopic (exact) mass is 308 g/mol. The molecule has 0 spiro atoms. The largest absolute Gasteiger partial charge is 0.379 e. The van der Waals surface area contributed by atoms with E-state index in [0.717, 1.165) is 50.8 Å². The van der Waals surface area contributed by atoms with Crippen molar-refractivity contribution in [3.8, 4) is 0 Å². The predicted octanol–water partition coefficient (Wildman–Crippen LogP) is 0.476. The highest BCUT2D eigenvalue weighted by molar-refractivity contribution is 7.99. The van der Waals surface area contributed by atoms with Gasteiger partial charge in [0.1, 0.15) is 0 Å². The fraction of sp³-hybridized carbons (Fsp3) is 1.00. The molecule has 2 heterocycles. The van der Waals surface area contributed by atoms with Gasteiger partial charge in [-0.15, -0.1) is 0 Å². The summed E-state index contributed by atoms with van der Waals surface area (Å²) in [5.41, 5.74) is 0. The average Bonchev–Trinajstić information content (AvgIpc) is 2.66. The highest BCUT2D eigenvalue weighted by Crippen LogP contribution is 2.21. The molecule has 19 heavy (non-hydrogen) atoms. The minimum atomic E-state index is -3.08. The predicted molar refractivity (Wildman–Crippen MR) is 79.2 cm³/mol. The Hall–Kier alpha value is 0.180. The van der Waals surface area contributed by atoms with Crippen molar-refractivity contribution < 1.29 is 13.2 Å². The molecule has 2 rings (SSSR count). The van der Waals surface area contributed by atoms with Crippen LogP contribution in [0.1, 0.15) is 13.3 Å². The van der Waals surface area contributed by atoms with Gasteiger partial charge in [0, 0.05) is 38.0 Å². The minimum Gasteiger partial charge on any atom is -0.379 e. The van der Waals surface area contributed by atoms with E-state index < -0.39 is 10.0 Å². The summed E-state index contributed by atoms with van der Waals surface area (Å²) in [6.07, 6.45) is 0.962. The number of ether oxygens (including phenoxy) is 1. The summed E-state index contributed by atoms with van der Waals surface area (Å²) in [5, 5.41) is 0. The highest BCUT2D eigenvalue weighted by Gasteiger charge is 2.31. The van der Waals surface area contributed by atoms with Gasteiger partial charge in [-0.2, -0.15) is 16.1 Å². The molecule has 0 N–H and O–H groups in total. The molecule has 2 fully saturated rings. The van der Waals surface area contributed by atoms with E-state index in [2.05, 4.69) is 4.90 Å². The summed E-state index contributed by atoms with van der Waals surface area (Å²) >= 11 is 1.88. The van der Waals surface area contributed by atoms with E-state index in [1.165, 1.54) is 0 Å². The van der Waals surface area contributed by atoms with E-state index >= 15 is 0 Å². The number of thioether (sulfide) groups is 1. The number of hydrogen-bond acceptors (Lipinski definition) is 5. The normalized spacial score (nSPS) is 28.2.